The highest BCUT2D eigenvalue weighted by Crippen LogP contribution is 2.37. The van der Waals surface area contributed by atoms with Crippen LogP contribution < -0.4 is 4.72 Å². The van der Waals surface area contributed by atoms with Crippen molar-refractivity contribution in [3.8, 4) is 0 Å². The number of alkyl halides is 1. The van der Waals surface area contributed by atoms with Crippen molar-refractivity contribution in [2.75, 3.05) is 19.5 Å². The number of hydrogen-bond donors (Lipinski definition) is 1. The first kappa shape index (κ1) is 16.5. The molecule has 2 rings (SSSR count). The highest BCUT2D eigenvalue weighted by atomic mass is 32.2. The molecule has 1 heterocycles. The molecule has 0 radical (unpaired) electrons. The zero-order chi connectivity index (χ0) is 15.5. The summed E-state index contributed by atoms with van der Waals surface area (Å²) in [7, 11) is -2.25. The molecule has 7 heteroatoms. The molecule has 1 N–H and O–H groups in total. The van der Waals surface area contributed by atoms with E-state index in [1.807, 2.05) is 6.92 Å². The van der Waals surface area contributed by atoms with Gasteiger partial charge in [0, 0.05) is 13.5 Å². The maximum atomic E-state index is 14.0. The second-order valence-electron chi connectivity index (χ2n) is 5.55. The number of sulfonamides is 1. The zero-order valence-electron chi connectivity index (χ0n) is 12.4. The minimum Gasteiger partial charge on any atom is -0.464 e. The van der Waals surface area contributed by atoms with Crippen LogP contribution in [0.1, 0.15) is 43.7 Å². The van der Waals surface area contributed by atoms with Gasteiger partial charge >= 0.3 is 0 Å². The van der Waals surface area contributed by atoms with E-state index in [1.165, 1.54) is 7.11 Å². The summed E-state index contributed by atoms with van der Waals surface area (Å²) in [5, 5.41) is 0. The first-order chi connectivity index (χ1) is 9.87. The van der Waals surface area contributed by atoms with Gasteiger partial charge in [0.15, 0.2) is 0 Å². The van der Waals surface area contributed by atoms with Gasteiger partial charge in [0.05, 0.1) is 12.4 Å². The lowest BCUT2D eigenvalue weighted by atomic mass is 9.84. The third kappa shape index (κ3) is 4.28. The molecule has 1 atom stereocenters. The Balaban J connectivity index is 2.07. The monoisotopic (exact) mass is 319 g/mol. The molecular formula is C14H22FNO4S. The summed E-state index contributed by atoms with van der Waals surface area (Å²) in [5.74, 6) is 0.756. The van der Waals surface area contributed by atoms with E-state index in [-0.39, 0.29) is 6.61 Å². The lowest BCUT2D eigenvalue weighted by molar-refractivity contribution is 0.0885. The molecular weight excluding hydrogens is 297 g/mol. The van der Waals surface area contributed by atoms with E-state index in [0.717, 1.165) is 18.6 Å². The van der Waals surface area contributed by atoms with E-state index in [9.17, 15) is 12.8 Å². The molecule has 1 aliphatic rings. The number of aryl methyl sites for hydroxylation is 1. The van der Waals surface area contributed by atoms with Gasteiger partial charge < -0.3 is 9.15 Å². The van der Waals surface area contributed by atoms with Crippen LogP contribution in [0.2, 0.25) is 0 Å². The molecule has 1 aromatic heterocycles. The van der Waals surface area contributed by atoms with Crippen LogP contribution in [-0.2, 0) is 21.2 Å². The zero-order valence-corrected chi connectivity index (χ0v) is 13.2. The number of furan rings is 1. The van der Waals surface area contributed by atoms with E-state index in [1.54, 1.807) is 12.1 Å². The molecule has 120 valence electrons. The van der Waals surface area contributed by atoms with Crippen molar-refractivity contribution >= 4 is 10.0 Å². The second-order valence-corrected chi connectivity index (χ2v) is 7.30. The predicted octanol–water partition coefficient (Wildman–Crippen LogP) is 2.34. The molecule has 21 heavy (non-hydrogen) atoms. The molecule has 1 unspecified atom stereocenters. The molecule has 0 aromatic carbocycles. The number of rotatable bonds is 8. The Morgan fingerprint density at radius 3 is 2.67 bits per heavy atom. The first-order valence-electron chi connectivity index (χ1n) is 7.14. The van der Waals surface area contributed by atoms with Crippen molar-refractivity contribution < 1.29 is 22.0 Å². The summed E-state index contributed by atoms with van der Waals surface area (Å²) >= 11 is 0. The van der Waals surface area contributed by atoms with Crippen LogP contribution in [0.4, 0.5) is 4.39 Å². The average molecular weight is 319 g/mol. The molecule has 0 bridgehead atoms. The van der Waals surface area contributed by atoms with Gasteiger partial charge in [-0.1, -0.05) is 6.92 Å². The van der Waals surface area contributed by atoms with Gasteiger partial charge in [-0.2, -0.15) is 0 Å². The first-order valence-corrected chi connectivity index (χ1v) is 8.79. The second kappa shape index (κ2) is 6.46. The van der Waals surface area contributed by atoms with E-state index >= 15 is 0 Å². The molecule has 0 amide bonds. The van der Waals surface area contributed by atoms with E-state index in [4.69, 9.17) is 9.15 Å². The van der Waals surface area contributed by atoms with Gasteiger partial charge in [-0.25, -0.2) is 17.5 Å². The smallest absolute Gasteiger partial charge is 0.215 e. The number of nitrogens with one attached hydrogen (secondary N) is 1. The van der Waals surface area contributed by atoms with Crippen molar-refractivity contribution in [1.29, 1.82) is 0 Å². The topological polar surface area (TPSA) is 68.5 Å². The van der Waals surface area contributed by atoms with Gasteiger partial charge in [0.1, 0.15) is 23.2 Å². The lowest BCUT2D eigenvalue weighted by Crippen LogP contribution is -2.44. The molecule has 1 fully saturated rings. The Hall–Kier alpha value is -0.920. The van der Waals surface area contributed by atoms with Crippen molar-refractivity contribution in [2.24, 2.45) is 0 Å². The molecule has 5 nitrogen and oxygen atoms in total. The average Bonchev–Trinajstić information content (AvgIpc) is 2.84. The van der Waals surface area contributed by atoms with Crippen molar-refractivity contribution in [3.05, 3.63) is 23.7 Å². The summed E-state index contributed by atoms with van der Waals surface area (Å²) < 4.78 is 51.4. The van der Waals surface area contributed by atoms with Crippen LogP contribution in [0.15, 0.2) is 16.5 Å². The van der Waals surface area contributed by atoms with Gasteiger partial charge in [0.25, 0.3) is 0 Å². The summed E-state index contributed by atoms with van der Waals surface area (Å²) in [6, 6.07) is 2.89. The van der Waals surface area contributed by atoms with Crippen LogP contribution in [0.5, 0.6) is 0 Å². The Morgan fingerprint density at radius 1 is 1.48 bits per heavy atom. The molecule has 0 saturated heterocycles. The molecule has 0 spiro atoms. The van der Waals surface area contributed by atoms with E-state index < -0.39 is 27.5 Å². The highest BCUT2D eigenvalue weighted by molar-refractivity contribution is 7.89. The minimum atomic E-state index is -3.73. The summed E-state index contributed by atoms with van der Waals surface area (Å²) in [6.45, 7) is 2.08. The fraction of sp³-hybridized carbons (Fsp3) is 0.714. The predicted molar refractivity (Wildman–Crippen MR) is 77.3 cm³/mol. The number of halogens is 1. The number of methoxy groups -OCH3 is 1. The molecule has 0 aliphatic heterocycles. The molecule has 1 aromatic rings. The van der Waals surface area contributed by atoms with Crippen molar-refractivity contribution in [3.63, 3.8) is 0 Å². The normalized spacial score (nSPS) is 19.2. The highest BCUT2D eigenvalue weighted by Gasteiger charge is 2.42. The quantitative estimate of drug-likeness (QED) is 0.798. The van der Waals surface area contributed by atoms with Crippen molar-refractivity contribution in [2.45, 2.75) is 44.3 Å². The largest absolute Gasteiger partial charge is 0.464 e. The minimum absolute atomic E-state index is 0.134. The number of hydrogen-bond acceptors (Lipinski definition) is 4. The standard InChI is InChI=1S/C14H22FNO4S/c1-3-11-5-6-13(20-11)12(9-19-2)16-21(17,18)10-14(15)7-4-8-14/h5-6,12,16H,3-4,7-10H2,1-2H3. The Morgan fingerprint density at radius 2 is 2.19 bits per heavy atom. The van der Waals surface area contributed by atoms with Gasteiger partial charge in [-0.15, -0.1) is 0 Å². The Bertz CT molecular complexity index is 565. The van der Waals surface area contributed by atoms with Crippen LogP contribution in [0.3, 0.4) is 0 Å². The Labute approximate surface area is 124 Å². The maximum Gasteiger partial charge on any atom is 0.215 e. The van der Waals surface area contributed by atoms with Gasteiger partial charge in [0.2, 0.25) is 10.0 Å². The maximum absolute atomic E-state index is 14.0. The van der Waals surface area contributed by atoms with E-state index in [0.29, 0.717) is 18.6 Å². The Kier molecular flexibility index (Phi) is 5.06. The van der Waals surface area contributed by atoms with Crippen LogP contribution in [0.25, 0.3) is 0 Å². The van der Waals surface area contributed by atoms with Crippen LogP contribution >= 0.6 is 0 Å². The fourth-order valence-corrected chi connectivity index (χ4v) is 4.09. The van der Waals surface area contributed by atoms with Crippen molar-refractivity contribution in [1.82, 2.24) is 4.72 Å². The number of ether oxygens (including phenoxy) is 1. The third-order valence-corrected chi connectivity index (χ3v) is 5.27. The summed E-state index contributed by atoms with van der Waals surface area (Å²) in [5.41, 5.74) is -1.58. The molecule has 1 saturated carbocycles. The fourth-order valence-electron chi connectivity index (χ4n) is 2.42. The van der Waals surface area contributed by atoms with E-state index in [2.05, 4.69) is 4.72 Å². The van der Waals surface area contributed by atoms with Crippen LogP contribution in [0, 0.1) is 0 Å². The lowest BCUT2D eigenvalue weighted by Gasteiger charge is -2.33. The molecule has 1 aliphatic carbocycles. The van der Waals surface area contributed by atoms with Gasteiger partial charge in [-0.3, -0.25) is 0 Å². The van der Waals surface area contributed by atoms with Crippen LogP contribution in [-0.4, -0.2) is 33.6 Å². The SMILES string of the molecule is CCc1ccc(C(COC)NS(=O)(=O)CC2(F)CCC2)o1. The third-order valence-electron chi connectivity index (χ3n) is 3.73. The van der Waals surface area contributed by atoms with Gasteiger partial charge in [-0.05, 0) is 31.4 Å². The summed E-state index contributed by atoms with van der Waals surface area (Å²) in [4.78, 5) is 0. The summed E-state index contributed by atoms with van der Waals surface area (Å²) in [6.07, 6.45) is 2.08.